The fourth-order valence-corrected chi connectivity index (χ4v) is 2.37. The Labute approximate surface area is 136 Å². The molecule has 0 aromatic carbocycles. The van der Waals surface area contributed by atoms with Gasteiger partial charge in [0.25, 0.3) is 0 Å². The van der Waals surface area contributed by atoms with E-state index in [-0.39, 0.29) is 18.1 Å². The number of aromatic nitrogens is 2. The van der Waals surface area contributed by atoms with E-state index in [2.05, 4.69) is 15.6 Å². The van der Waals surface area contributed by atoms with Crippen molar-refractivity contribution < 1.29 is 9.90 Å². The summed E-state index contributed by atoms with van der Waals surface area (Å²) in [5, 5.41) is 14.8. The first kappa shape index (κ1) is 17.3. The van der Waals surface area contributed by atoms with E-state index >= 15 is 0 Å². The van der Waals surface area contributed by atoms with E-state index in [4.69, 9.17) is 0 Å². The van der Waals surface area contributed by atoms with Crippen molar-refractivity contribution in [2.45, 2.75) is 40.2 Å². The zero-order valence-corrected chi connectivity index (χ0v) is 14.1. The number of fused-ring (bicyclic) bond motifs is 1. The first-order valence-corrected chi connectivity index (χ1v) is 7.97. The summed E-state index contributed by atoms with van der Waals surface area (Å²) < 4.78 is 2.01. The van der Waals surface area contributed by atoms with Gasteiger partial charge in [-0.05, 0) is 37.3 Å². The molecule has 2 aromatic rings. The predicted octanol–water partition coefficient (Wildman–Crippen LogP) is 2.24. The van der Waals surface area contributed by atoms with Gasteiger partial charge in [0.1, 0.15) is 5.65 Å². The summed E-state index contributed by atoms with van der Waals surface area (Å²) in [5.41, 5.74) is 2.73. The van der Waals surface area contributed by atoms with Gasteiger partial charge < -0.3 is 20.1 Å². The second-order valence-electron chi connectivity index (χ2n) is 6.66. The van der Waals surface area contributed by atoms with Crippen LogP contribution in [0.15, 0.2) is 24.4 Å². The average Bonchev–Trinajstić information content (AvgIpc) is 2.94. The van der Waals surface area contributed by atoms with Gasteiger partial charge in [0.05, 0.1) is 12.2 Å². The maximum Gasteiger partial charge on any atom is 0.315 e. The second kappa shape index (κ2) is 7.46. The Morgan fingerprint density at radius 2 is 2.13 bits per heavy atom. The molecule has 2 aromatic heterocycles. The number of aryl methyl sites for hydroxylation is 1. The van der Waals surface area contributed by atoms with Crippen molar-refractivity contribution in [2.75, 3.05) is 13.2 Å². The van der Waals surface area contributed by atoms with Crippen LogP contribution in [0, 0.1) is 12.3 Å². The summed E-state index contributed by atoms with van der Waals surface area (Å²) in [6, 6.07) is 5.74. The summed E-state index contributed by atoms with van der Waals surface area (Å²) in [6.45, 7) is 7.20. The fraction of sp³-hybridized carbons (Fsp3) is 0.529. The lowest BCUT2D eigenvalue weighted by atomic mass is 9.89. The lowest BCUT2D eigenvalue weighted by molar-refractivity contribution is 0.148. The monoisotopic (exact) mass is 318 g/mol. The topological polar surface area (TPSA) is 78.7 Å². The lowest BCUT2D eigenvalue weighted by Gasteiger charge is -2.21. The van der Waals surface area contributed by atoms with Crippen molar-refractivity contribution in [3.05, 3.63) is 35.8 Å². The first-order valence-electron chi connectivity index (χ1n) is 7.97. The zero-order chi connectivity index (χ0) is 16.9. The second-order valence-corrected chi connectivity index (χ2v) is 6.66. The van der Waals surface area contributed by atoms with Gasteiger partial charge >= 0.3 is 6.03 Å². The van der Waals surface area contributed by atoms with Crippen molar-refractivity contribution >= 4 is 11.7 Å². The molecule has 0 unspecified atom stereocenters. The number of hydrogen-bond acceptors (Lipinski definition) is 3. The van der Waals surface area contributed by atoms with Crippen molar-refractivity contribution in [3.63, 3.8) is 0 Å². The van der Waals surface area contributed by atoms with Crippen molar-refractivity contribution in [1.82, 2.24) is 20.0 Å². The summed E-state index contributed by atoms with van der Waals surface area (Å²) in [4.78, 5) is 16.3. The highest BCUT2D eigenvalue weighted by Gasteiger charge is 2.15. The van der Waals surface area contributed by atoms with Crippen LogP contribution >= 0.6 is 0 Å². The van der Waals surface area contributed by atoms with Crippen LogP contribution in [-0.2, 0) is 6.54 Å². The molecule has 0 atom stereocenters. The summed E-state index contributed by atoms with van der Waals surface area (Å²) >= 11 is 0. The average molecular weight is 318 g/mol. The molecule has 23 heavy (non-hydrogen) atoms. The molecule has 0 spiro atoms. The van der Waals surface area contributed by atoms with Gasteiger partial charge in [0.2, 0.25) is 0 Å². The van der Waals surface area contributed by atoms with Gasteiger partial charge in [-0.25, -0.2) is 9.78 Å². The van der Waals surface area contributed by atoms with E-state index in [0.29, 0.717) is 13.1 Å². The van der Waals surface area contributed by atoms with E-state index in [1.54, 1.807) is 0 Å². The maximum absolute atomic E-state index is 11.8. The van der Waals surface area contributed by atoms with Crippen LogP contribution in [0.25, 0.3) is 5.65 Å². The normalized spacial score (nSPS) is 11.7. The molecular formula is C17H26N4O2. The van der Waals surface area contributed by atoms with Crippen LogP contribution in [0.4, 0.5) is 4.79 Å². The number of carbonyl (C=O) groups is 1. The van der Waals surface area contributed by atoms with Gasteiger partial charge in [-0.3, -0.25) is 0 Å². The third-order valence-corrected chi connectivity index (χ3v) is 3.92. The van der Waals surface area contributed by atoms with E-state index < -0.39 is 0 Å². The Kier molecular flexibility index (Phi) is 5.60. The molecule has 6 nitrogen and oxygen atoms in total. The summed E-state index contributed by atoms with van der Waals surface area (Å²) in [5.74, 6) is 0. The highest BCUT2D eigenvalue weighted by Crippen LogP contribution is 2.20. The maximum atomic E-state index is 11.8. The molecule has 3 N–H and O–H groups in total. The van der Waals surface area contributed by atoms with Gasteiger partial charge in [-0.15, -0.1) is 0 Å². The smallest absolute Gasteiger partial charge is 0.315 e. The Morgan fingerprint density at radius 1 is 1.35 bits per heavy atom. The van der Waals surface area contributed by atoms with Crippen molar-refractivity contribution in [1.29, 1.82) is 0 Å². The largest absolute Gasteiger partial charge is 0.396 e. The van der Waals surface area contributed by atoms with Crippen molar-refractivity contribution in [2.24, 2.45) is 5.41 Å². The van der Waals surface area contributed by atoms with Gasteiger partial charge in [-0.1, -0.05) is 19.9 Å². The number of aliphatic hydroxyl groups excluding tert-OH is 1. The Morgan fingerprint density at radius 3 is 2.83 bits per heavy atom. The molecule has 0 aliphatic heterocycles. The number of amides is 2. The summed E-state index contributed by atoms with van der Waals surface area (Å²) in [6.07, 6.45) is 3.65. The highest BCUT2D eigenvalue weighted by molar-refractivity contribution is 5.73. The van der Waals surface area contributed by atoms with Crippen LogP contribution in [0.5, 0.6) is 0 Å². The zero-order valence-electron chi connectivity index (χ0n) is 14.1. The molecule has 2 heterocycles. The number of carbonyl (C=O) groups excluding carboxylic acids is 1. The number of nitrogens with zero attached hydrogens (tertiary/aromatic N) is 2. The SMILES string of the molecule is Cc1cccc2nc(CNC(=O)NCCCC(C)(C)CO)cn12. The van der Waals surface area contributed by atoms with Crippen LogP contribution in [-0.4, -0.2) is 33.7 Å². The van der Waals surface area contributed by atoms with E-state index in [1.165, 1.54) is 0 Å². The number of imidazole rings is 1. The standard InChI is InChI=1S/C17H26N4O2/c1-13-6-4-7-15-20-14(11-21(13)15)10-19-16(23)18-9-5-8-17(2,3)12-22/h4,6-7,11,22H,5,8-10,12H2,1-3H3,(H2,18,19,23). The van der Waals surface area contributed by atoms with E-state index in [9.17, 15) is 9.90 Å². The van der Waals surface area contributed by atoms with Crippen LogP contribution in [0.1, 0.15) is 38.1 Å². The molecule has 2 amide bonds. The van der Waals surface area contributed by atoms with Crippen LogP contribution in [0.2, 0.25) is 0 Å². The predicted molar refractivity (Wildman–Crippen MR) is 90.3 cm³/mol. The van der Waals surface area contributed by atoms with Crippen LogP contribution in [0.3, 0.4) is 0 Å². The van der Waals surface area contributed by atoms with Gasteiger partial charge in [0.15, 0.2) is 0 Å². The summed E-state index contributed by atoms with van der Waals surface area (Å²) in [7, 11) is 0. The highest BCUT2D eigenvalue weighted by atomic mass is 16.3. The Balaban J connectivity index is 1.74. The third kappa shape index (κ3) is 4.96. The molecule has 0 aliphatic rings. The van der Waals surface area contributed by atoms with Crippen LogP contribution < -0.4 is 10.6 Å². The Hall–Kier alpha value is -2.08. The van der Waals surface area contributed by atoms with Crippen molar-refractivity contribution in [3.8, 4) is 0 Å². The van der Waals surface area contributed by atoms with Gasteiger partial charge in [-0.2, -0.15) is 0 Å². The van der Waals surface area contributed by atoms with E-state index in [1.807, 2.05) is 49.6 Å². The Bertz CT molecular complexity index is 664. The lowest BCUT2D eigenvalue weighted by Crippen LogP contribution is -2.36. The number of hydrogen-bond donors (Lipinski definition) is 3. The molecule has 126 valence electrons. The fourth-order valence-electron chi connectivity index (χ4n) is 2.37. The number of pyridine rings is 1. The molecular weight excluding hydrogens is 292 g/mol. The molecule has 0 aliphatic carbocycles. The molecule has 0 fully saturated rings. The molecule has 0 radical (unpaired) electrons. The minimum absolute atomic E-state index is 0.0907. The third-order valence-electron chi connectivity index (χ3n) is 3.92. The minimum Gasteiger partial charge on any atom is -0.396 e. The van der Waals surface area contributed by atoms with Gasteiger partial charge in [0, 0.05) is 25.0 Å². The molecule has 2 rings (SSSR count). The molecule has 0 saturated heterocycles. The first-order chi connectivity index (χ1) is 10.9. The molecule has 0 bridgehead atoms. The number of urea groups is 1. The number of nitrogens with one attached hydrogen (secondary N) is 2. The number of rotatable bonds is 7. The molecule has 6 heteroatoms. The number of aliphatic hydroxyl groups is 1. The molecule has 0 saturated carbocycles. The van der Waals surface area contributed by atoms with E-state index in [0.717, 1.165) is 29.9 Å². The minimum atomic E-state index is -0.194. The quantitative estimate of drug-likeness (QED) is 0.685.